The number of aromatic amines is 1. The van der Waals surface area contributed by atoms with Crippen molar-refractivity contribution in [3.05, 3.63) is 59.9 Å². The average molecular weight is 373 g/mol. The molecule has 1 aromatic carbocycles. The zero-order chi connectivity index (χ0) is 18.9. The van der Waals surface area contributed by atoms with E-state index in [1.54, 1.807) is 6.20 Å². The van der Waals surface area contributed by atoms with Crippen molar-refractivity contribution >= 4 is 29.5 Å². The average Bonchev–Trinajstić information content (AvgIpc) is 3.39. The third kappa shape index (κ3) is 2.11. The van der Waals surface area contributed by atoms with Gasteiger partial charge in [0.1, 0.15) is 5.65 Å². The summed E-state index contributed by atoms with van der Waals surface area (Å²) < 4.78 is 6.10. The Morgan fingerprint density at radius 1 is 1.25 bits per heavy atom. The summed E-state index contributed by atoms with van der Waals surface area (Å²) in [4.78, 5) is 22.3. The molecule has 1 saturated carbocycles. The van der Waals surface area contributed by atoms with Gasteiger partial charge in [-0.2, -0.15) is 0 Å². The van der Waals surface area contributed by atoms with Crippen molar-refractivity contribution in [2.45, 2.75) is 24.9 Å². The molecule has 7 heteroatoms. The zero-order valence-electron chi connectivity index (χ0n) is 15.4. The number of H-pyrrole nitrogens is 1. The van der Waals surface area contributed by atoms with Gasteiger partial charge in [-0.3, -0.25) is 4.79 Å². The van der Waals surface area contributed by atoms with E-state index in [2.05, 4.69) is 9.97 Å². The van der Waals surface area contributed by atoms with Gasteiger partial charge in [0.25, 0.3) is 5.91 Å². The first kappa shape index (κ1) is 16.3. The van der Waals surface area contributed by atoms with Gasteiger partial charge in [-0.25, -0.2) is 4.98 Å². The van der Waals surface area contributed by atoms with Crippen molar-refractivity contribution in [2.75, 3.05) is 13.1 Å². The van der Waals surface area contributed by atoms with Crippen molar-refractivity contribution in [3.8, 4) is 0 Å². The Kier molecular flexibility index (Phi) is 3.18. The number of hydrogen-bond donors (Lipinski definition) is 2. The molecule has 0 unspecified atom stereocenters. The molecule has 3 aromatic rings. The molecule has 0 atom stereocenters. The molecule has 1 saturated heterocycles. The lowest BCUT2D eigenvalue weighted by Gasteiger charge is -2.53. The molecule has 2 aliphatic heterocycles. The predicted molar refractivity (Wildman–Crippen MR) is 105 cm³/mol. The van der Waals surface area contributed by atoms with Gasteiger partial charge in [0.2, 0.25) is 0 Å². The van der Waals surface area contributed by atoms with Gasteiger partial charge in [0.05, 0.1) is 5.60 Å². The number of aromatic nitrogens is 2. The maximum absolute atomic E-state index is 12.8. The zero-order valence-corrected chi connectivity index (χ0v) is 15.4. The van der Waals surface area contributed by atoms with E-state index in [1.807, 2.05) is 47.5 Å². The maximum Gasteiger partial charge on any atom is 0.493 e. The Hall–Kier alpha value is -2.64. The van der Waals surface area contributed by atoms with E-state index < -0.39 is 12.7 Å². The highest BCUT2D eigenvalue weighted by molar-refractivity contribution is 6.62. The first-order chi connectivity index (χ1) is 13.6. The van der Waals surface area contributed by atoms with Crippen LogP contribution in [0.25, 0.3) is 11.0 Å². The molecule has 140 valence electrons. The van der Waals surface area contributed by atoms with Gasteiger partial charge in [0.15, 0.2) is 0 Å². The Labute approximate surface area is 162 Å². The van der Waals surface area contributed by atoms with E-state index in [1.165, 1.54) is 0 Å². The fourth-order valence-electron chi connectivity index (χ4n) is 5.64. The number of likely N-dealkylation sites (tertiary alicyclic amines) is 1. The second kappa shape index (κ2) is 5.46. The highest BCUT2D eigenvalue weighted by atomic mass is 16.5. The van der Waals surface area contributed by atoms with Crippen LogP contribution in [0.5, 0.6) is 0 Å². The summed E-state index contributed by atoms with van der Waals surface area (Å²) in [5, 5.41) is 11.5. The van der Waals surface area contributed by atoms with E-state index in [9.17, 15) is 9.82 Å². The highest BCUT2D eigenvalue weighted by Gasteiger charge is 2.63. The van der Waals surface area contributed by atoms with E-state index in [0.29, 0.717) is 0 Å². The fraction of sp³-hybridized carbons (Fsp3) is 0.333. The number of carbonyl (C=O) groups is 1. The van der Waals surface area contributed by atoms with Crippen LogP contribution in [-0.4, -0.2) is 46.0 Å². The summed E-state index contributed by atoms with van der Waals surface area (Å²) in [6, 6.07) is 11.5. The van der Waals surface area contributed by atoms with Crippen LogP contribution in [0, 0.1) is 5.41 Å². The molecule has 2 N–H and O–H groups in total. The van der Waals surface area contributed by atoms with Crippen LogP contribution in [0.4, 0.5) is 0 Å². The van der Waals surface area contributed by atoms with Gasteiger partial charge in [0, 0.05) is 41.9 Å². The van der Waals surface area contributed by atoms with Gasteiger partial charge in [-0.15, -0.1) is 0 Å². The Morgan fingerprint density at radius 2 is 2.07 bits per heavy atom. The number of amides is 1. The van der Waals surface area contributed by atoms with Crippen LogP contribution >= 0.6 is 0 Å². The van der Waals surface area contributed by atoms with Crippen LogP contribution < -0.4 is 5.46 Å². The number of benzene rings is 1. The number of hydrogen-bond acceptors (Lipinski definition) is 4. The third-order valence-corrected chi connectivity index (χ3v) is 6.74. The highest BCUT2D eigenvalue weighted by Crippen LogP contribution is 2.62. The van der Waals surface area contributed by atoms with E-state index in [-0.39, 0.29) is 11.3 Å². The lowest BCUT2D eigenvalue weighted by atomic mass is 9.56. The van der Waals surface area contributed by atoms with Crippen molar-refractivity contribution in [1.82, 2.24) is 14.9 Å². The molecule has 2 fully saturated rings. The lowest BCUT2D eigenvalue weighted by Crippen LogP contribution is -2.52. The third-order valence-electron chi connectivity index (χ3n) is 6.74. The van der Waals surface area contributed by atoms with E-state index in [4.69, 9.17) is 4.65 Å². The van der Waals surface area contributed by atoms with Crippen molar-refractivity contribution in [1.29, 1.82) is 0 Å². The Bertz CT molecular complexity index is 1090. The lowest BCUT2D eigenvalue weighted by molar-refractivity contribution is -0.109. The summed E-state index contributed by atoms with van der Waals surface area (Å²) in [6.45, 7) is 1.52. The number of nitrogens with zero attached hydrogens (tertiary/aromatic N) is 2. The van der Waals surface area contributed by atoms with Gasteiger partial charge in [-0.1, -0.05) is 18.2 Å². The molecule has 6 rings (SSSR count). The SMILES string of the molecule is O=C(c1ccccc1)N1CCC2(C1)CC1(C2)OB(O)c2cnc3[nH]ccc3c21. The monoisotopic (exact) mass is 373 g/mol. The molecule has 6 nitrogen and oxygen atoms in total. The second-order valence-corrected chi connectivity index (χ2v) is 8.49. The van der Waals surface area contributed by atoms with Crippen molar-refractivity contribution < 1.29 is 14.5 Å². The fourth-order valence-corrected chi connectivity index (χ4v) is 5.64. The predicted octanol–water partition coefficient (Wildman–Crippen LogP) is 1.80. The van der Waals surface area contributed by atoms with Gasteiger partial charge < -0.3 is 19.6 Å². The minimum absolute atomic E-state index is 0.0671. The maximum atomic E-state index is 12.8. The number of nitrogens with one attached hydrogen (secondary N) is 1. The van der Waals surface area contributed by atoms with Gasteiger partial charge >= 0.3 is 7.12 Å². The van der Waals surface area contributed by atoms with Crippen LogP contribution in [0.1, 0.15) is 35.2 Å². The summed E-state index contributed by atoms with van der Waals surface area (Å²) in [5.74, 6) is 0.100. The first-order valence-electron chi connectivity index (χ1n) is 9.76. The number of carbonyl (C=O) groups excluding carboxylic acids is 1. The number of rotatable bonds is 1. The molecule has 28 heavy (non-hydrogen) atoms. The minimum Gasteiger partial charge on any atom is -0.423 e. The minimum atomic E-state index is -0.928. The molecule has 2 spiro atoms. The van der Waals surface area contributed by atoms with Crippen molar-refractivity contribution in [2.24, 2.45) is 5.41 Å². The van der Waals surface area contributed by atoms with E-state index in [0.717, 1.165) is 60.0 Å². The Morgan fingerprint density at radius 3 is 2.89 bits per heavy atom. The van der Waals surface area contributed by atoms with Crippen molar-refractivity contribution in [3.63, 3.8) is 0 Å². The molecular formula is C21H20BN3O3. The largest absolute Gasteiger partial charge is 0.493 e. The Balaban J connectivity index is 1.28. The molecule has 2 aromatic heterocycles. The topological polar surface area (TPSA) is 78.5 Å². The molecular weight excluding hydrogens is 353 g/mol. The smallest absolute Gasteiger partial charge is 0.423 e. The van der Waals surface area contributed by atoms with Crippen LogP contribution in [-0.2, 0) is 10.3 Å². The normalized spacial score (nSPS) is 28.3. The molecule has 3 aliphatic rings. The van der Waals surface area contributed by atoms with Crippen LogP contribution in [0.15, 0.2) is 48.8 Å². The standard InChI is InChI=1S/C21H20BN3O3/c26-19(14-4-2-1-3-5-14)25-9-7-20(13-25)11-21(12-20)17-15-6-8-23-18(15)24-10-16(17)22(27)28-21/h1-6,8,10,27H,7,9,11-13H2,(H,23,24). The number of fused-ring (bicyclic) bond motifs is 4. The van der Waals surface area contributed by atoms with E-state index >= 15 is 0 Å². The second-order valence-electron chi connectivity index (χ2n) is 8.49. The number of pyridine rings is 1. The van der Waals surface area contributed by atoms with Crippen LogP contribution in [0.3, 0.4) is 0 Å². The molecule has 0 radical (unpaired) electrons. The molecule has 0 bridgehead atoms. The molecule has 1 amide bonds. The molecule has 1 aliphatic carbocycles. The van der Waals surface area contributed by atoms with Gasteiger partial charge in [-0.05, 0) is 48.4 Å². The summed E-state index contributed by atoms with van der Waals surface area (Å²) in [6.07, 6.45) is 6.22. The van der Waals surface area contributed by atoms with Crippen LogP contribution in [0.2, 0.25) is 0 Å². The quantitative estimate of drug-likeness (QED) is 0.638. The summed E-state index contributed by atoms with van der Waals surface area (Å²) in [7, 11) is -0.928. The summed E-state index contributed by atoms with van der Waals surface area (Å²) in [5.41, 5.74) is 3.01. The summed E-state index contributed by atoms with van der Waals surface area (Å²) >= 11 is 0. The first-order valence-corrected chi connectivity index (χ1v) is 9.76. The molecule has 4 heterocycles.